The van der Waals surface area contributed by atoms with E-state index in [1.807, 2.05) is 31.2 Å². The van der Waals surface area contributed by atoms with E-state index in [0.29, 0.717) is 15.6 Å². The predicted molar refractivity (Wildman–Crippen MR) is 93.9 cm³/mol. The average Bonchev–Trinajstić information content (AvgIpc) is 2.87. The lowest BCUT2D eigenvalue weighted by atomic mass is 10.1. The molecule has 3 nitrogen and oxygen atoms in total. The SMILES string of the molecule is Cc1c(C(=O)Cl)nn(-c2ccc(Cl)cc2)c1-c1ccc(Cl)cc1. The van der Waals surface area contributed by atoms with Crippen molar-refractivity contribution in [3.05, 3.63) is 69.8 Å². The number of benzene rings is 2. The Morgan fingerprint density at radius 2 is 1.48 bits per heavy atom. The molecule has 0 spiro atoms. The minimum atomic E-state index is -0.592. The molecule has 0 fully saturated rings. The van der Waals surface area contributed by atoms with Gasteiger partial charge in [-0.25, -0.2) is 4.68 Å². The second kappa shape index (κ2) is 6.36. The minimum Gasteiger partial charge on any atom is -0.274 e. The highest BCUT2D eigenvalue weighted by atomic mass is 35.5. The van der Waals surface area contributed by atoms with Crippen LogP contribution in [0.25, 0.3) is 16.9 Å². The Hall–Kier alpha value is -1.81. The third kappa shape index (κ3) is 3.13. The van der Waals surface area contributed by atoms with Gasteiger partial charge in [-0.3, -0.25) is 4.79 Å². The zero-order valence-corrected chi connectivity index (χ0v) is 14.3. The Morgan fingerprint density at radius 1 is 0.957 bits per heavy atom. The molecular weight excluding hydrogens is 355 g/mol. The molecule has 0 unspecified atom stereocenters. The fraction of sp³-hybridized carbons (Fsp3) is 0.0588. The number of carbonyl (C=O) groups is 1. The van der Waals surface area contributed by atoms with Gasteiger partial charge in [-0.15, -0.1) is 0 Å². The second-order valence-corrected chi connectivity index (χ2v) is 6.21. The van der Waals surface area contributed by atoms with Crippen LogP contribution in [-0.2, 0) is 0 Å². The highest BCUT2D eigenvalue weighted by Crippen LogP contribution is 2.30. The third-order valence-corrected chi connectivity index (χ3v) is 4.18. The predicted octanol–water partition coefficient (Wildman–Crippen LogP) is 5.53. The van der Waals surface area contributed by atoms with Gasteiger partial charge in [0.2, 0.25) is 0 Å². The summed E-state index contributed by atoms with van der Waals surface area (Å²) in [6.45, 7) is 1.82. The quantitative estimate of drug-likeness (QED) is 0.572. The van der Waals surface area contributed by atoms with Gasteiger partial charge in [0, 0.05) is 21.2 Å². The molecule has 0 aliphatic carbocycles. The highest BCUT2D eigenvalue weighted by molar-refractivity contribution is 6.67. The van der Waals surface area contributed by atoms with Crippen molar-refractivity contribution in [3.63, 3.8) is 0 Å². The Morgan fingerprint density at radius 3 is 2.00 bits per heavy atom. The first kappa shape index (κ1) is 16.1. The smallest absolute Gasteiger partial charge is 0.273 e. The summed E-state index contributed by atoms with van der Waals surface area (Å²) in [5.41, 5.74) is 3.40. The van der Waals surface area contributed by atoms with Crippen LogP contribution in [0.1, 0.15) is 16.1 Å². The fourth-order valence-electron chi connectivity index (χ4n) is 2.40. The average molecular weight is 366 g/mol. The van der Waals surface area contributed by atoms with Crippen LogP contribution >= 0.6 is 34.8 Å². The summed E-state index contributed by atoms with van der Waals surface area (Å²) in [4.78, 5) is 11.7. The summed E-state index contributed by atoms with van der Waals surface area (Å²) in [5.74, 6) is 0. The lowest BCUT2D eigenvalue weighted by Crippen LogP contribution is -2.00. The summed E-state index contributed by atoms with van der Waals surface area (Å²) in [7, 11) is 0. The first-order valence-electron chi connectivity index (χ1n) is 6.78. The second-order valence-electron chi connectivity index (χ2n) is 4.99. The van der Waals surface area contributed by atoms with E-state index in [2.05, 4.69) is 5.10 Å². The summed E-state index contributed by atoms with van der Waals surface area (Å²) < 4.78 is 1.69. The summed E-state index contributed by atoms with van der Waals surface area (Å²) in [6, 6.07) is 14.5. The highest BCUT2D eigenvalue weighted by Gasteiger charge is 2.20. The van der Waals surface area contributed by atoms with Crippen LogP contribution in [0.4, 0.5) is 0 Å². The standard InChI is InChI=1S/C17H11Cl3N2O/c1-10-15(17(20)23)21-22(14-8-6-13(19)7-9-14)16(10)11-2-4-12(18)5-3-11/h2-9H,1H3. The van der Waals surface area contributed by atoms with Gasteiger partial charge in [0.05, 0.1) is 11.4 Å². The number of halogens is 3. The van der Waals surface area contributed by atoms with Crippen molar-refractivity contribution in [1.29, 1.82) is 0 Å². The Balaban J connectivity index is 2.25. The molecule has 0 amide bonds. The zero-order valence-electron chi connectivity index (χ0n) is 12.1. The van der Waals surface area contributed by atoms with Gasteiger partial charge in [-0.2, -0.15) is 5.10 Å². The number of carbonyl (C=O) groups excluding carboxylic acids is 1. The Kier molecular flexibility index (Phi) is 4.44. The molecule has 116 valence electrons. The molecule has 0 aliphatic rings. The van der Waals surface area contributed by atoms with E-state index in [-0.39, 0.29) is 5.69 Å². The van der Waals surface area contributed by atoms with Gasteiger partial charge in [-0.05, 0) is 54.9 Å². The number of aromatic nitrogens is 2. The molecule has 0 atom stereocenters. The van der Waals surface area contributed by atoms with Gasteiger partial charge in [0.15, 0.2) is 0 Å². The van der Waals surface area contributed by atoms with E-state index < -0.39 is 5.24 Å². The van der Waals surface area contributed by atoms with E-state index in [9.17, 15) is 4.79 Å². The number of hydrogen-bond acceptors (Lipinski definition) is 2. The normalized spacial score (nSPS) is 10.8. The summed E-state index contributed by atoms with van der Waals surface area (Å²) >= 11 is 17.6. The fourth-order valence-corrected chi connectivity index (χ4v) is 2.83. The van der Waals surface area contributed by atoms with Crippen molar-refractivity contribution in [2.45, 2.75) is 6.92 Å². The molecular formula is C17H11Cl3N2O. The van der Waals surface area contributed by atoms with Crippen LogP contribution in [0, 0.1) is 6.92 Å². The van der Waals surface area contributed by atoms with E-state index >= 15 is 0 Å². The third-order valence-electron chi connectivity index (χ3n) is 3.50. The molecule has 1 heterocycles. The summed E-state index contributed by atoms with van der Waals surface area (Å²) in [6.07, 6.45) is 0. The number of rotatable bonds is 3. The van der Waals surface area contributed by atoms with Crippen LogP contribution in [0.5, 0.6) is 0 Å². The molecule has 0 bridgehead atoms. The van der Waals surface area contributed by atoms with E-state index in [1.165, 1.54) is 0 Å². The van der Waals surface area contributed by atoms with Crippen LogP contribution in [-0.4, -0.2) is 15.0 Å². The molecule has 0 saturated heterocycles. The monoisotopic (exact) mass is 364 g/mol. The largest absolute Gasteiger partial charge is 0.274 e. The van der Waals surface area contributed by atoms with Gasteiger partial charge in [-0.1, -0.05) is 35.3 Å². The Bertz CT molecular complexity index is 868. The van der Waals surface area contributed by atoms with Crippen LogP contribution in [0.2, 0.25) is 10.0 Å². The molecule has 2 aromatic carbocycles. The van der Waals surface area contributed by atoms with E-state index in [0.717, 1.165) is 16.9 Å². The number of hydrogen-bond donors (Lipinski definition) is 0. The molecule has 3 rings (SSSR count). The van der Waals surface area contributed by atoms with Crippen molar-refractivity contribution in [1.82, 2.24) is 9.78 Å². The summed E-state index contributed by atoms with van der Waals surface area (Å²) in [5, 5.41) is 5.04. The lowest BCUT2D eigenvalue weighted by Gasteiger charge is -2.09. The molecule has 0 N–H and O–H groups in total. The minimum absolute atomic E-state index is 0.228. The van der Waals surface area contributed by atoms with Crippen LogP contribution in [0.15, 0.2) is 48.5 Å². The number of nitrogens with zero attached hydrogens (tertiary/aromatic N) is 2. The van der Waals surface area contributed by atoms with Crippen molar-refractivity contribution < 1.29 is 4.79 Å². The van der Waals surface area contributed by atoms with Crippen molar-refractivity contribution >= 4 is 40.0 Å². The van der Waals surface area contributed by atoms with Gasteiger partial charge in [0.25, 0.3) is 5.24 Å². The van der Waals surface area contributed by atoms with Crippen LogP contribution in [0.3, 0.4) is 0 Å². The van der Waals surface area contributed by atoms with E-state index in [1.54, 1.807) is 28.9 Å². The maximum Gasteiger partial charge on any atom is 0.273 e. The molecule has 0 radical (unpaired) electrons. The molecule has 3 aromatic rings. The van der Waals surface area contributed by atoms with Gasteiger partial charge < -0.3 is 0 Å². The van der Waals surface area contributed by atoms with Gasteiger partial charge >= 0.3 is 0 Å². The van der Waals surface area contributed by atoms with Crippen molar-refractivity contribution in [2.75, 3.05) is 0 Å². The lowest BCUT2D eigenvalue weighted by molar-refractivity contribution is 0.107. The zero-order chi connectivity index (χ0) is 16.6. The topological polar surface area (TPSA) is 34.9 Å². The molecule has 0 aliphatic heterocycles. The first-order chi connectivity index (χ1) is 11.0. The van der Waals surface area contributed by atoms with Crippen molar-refractivity contribution in [2.24, 2.45) is 0 Å². The van der Waals surface area contributed by atoms with Crippen LogP contribution < -0.4 is 0 Å². The van der Waals surface area contributed by atoms with Crippen molar-refractivity contribution in [3.8, 4) is 16.9 Å². The molecule has 23 heavy (non-hydrogen) atoms. The maximum absolute atomic E-state index is 11.7. The van der Waals surface area contributed by atoms with Gasteiger partial charge in [0.1, 0.15) is 5.69 Å². The van der Waals surface area contributed by atoms with E-state index in [4.69, 9.17) is 34.8 Å². The molecule has 0 saturated carbocycles. The molecule has 1 aromatic heterocycles. The maximum atomic E-state index is 11.7. The first-order valence-corrected chi connectivity index (χ1v) is 7.92. The Labute approximate surface area is 148 Å². The molecule has 6 heteroatoms.